The summed E-state index contributed by atoms with van der Waals surface area (Å²) in [6, 6.07) is 5.17. The highest BCUT2D eigenvalue weighted by molar-refractivity contribution is 5.98. The van der Waals surface area contributed by atoms with Crippen molar-refractivity contribution in [3.8, 4) is 0 Å². The first-order chi connectivity index (χ1) is 11.6. The van der Waals surface area contributed by atoms with Crippen LogP contribution >= 0.6 is 0 Å². The van der Waals surface area contributed by atoms with Gasteiger partial charge in [-0.15, -0.1) is 0 Å². The Hall–Kier alpha value is -2.50. The molecule has 0 bridgehead atoms. The van der Waals surface area contributed by atoms with Gasteiger partial charge in [-0.2, -0.15) is 0 Å². The highest BCUT2D eigenvalue weighted by atomic mass is 16.3. The Morgan fingerprint density at radius 1 is 1.42 bits per heavy atom. The Bertz CT molecular complexity index is 731. The number of rotatable bonds is 4. The monoisotopic (exact) mass is 329 g/mol. The number of hydrogen-bond acceptors (Lipinski definition) is 3. The highest BCUT2D eigenvalue weighted by Crippen LogP contribution is 2.18. The number of furan rings is 1. The summed E-state index contributed by atoms with van der Waals surface area (Å²) < 4.78 is 7.43. The first-order valence-electron chi connectivity index (χ1n) is 8.34. The third kappa shape index (κ3) is 3.37. The summed E-state index contributed by atoms with van der Waals surface area (Å²) in [5.41, 5.74) is 2.46. The zero-order chi connectivity index (χ0) is 17.1. The van der Waals surface area contributed by atoms with Gasteiger partial charge in [0.1, 0.15) is 11.8 Å². The fourth-order valence-corrected chi connectivity index (χ4v) is 3.15. The third-order valence-corrected chi connectivity index (χ3v) is 4.55. The maximum atomic E-state index is 12.6. The molecule has 1 atom stereocenters. The Morgan fingerprint density at radius 2 is 2.25 bits per heavy atom. The van der Waals surface area contributed by atoms with E-state index in [0.29, 0.717) is 25.1 Å². The fraction of sp³-hybridized carbons (Fsp3) is 0.444. The average molecular weight is 329 g/mol. The van der Waals surface area contributed by atoms with Crippen LogP contribution in [0, 0.1) is 13.8 Å². The van der Waals surface area contributed by atoms with Gasteiger partial charge >= 0.3 is 0 Å². The summed E-state index contributed by atoms with van der Waals surface area (Å²) in [4.78, 5) is 24.6. The van der Waals surface area contributed by atoms with Gasteiger partial charge in [-0.25, -0.2) is 0 Å². The van der Waals surface area contributed by atoms with Crippen molar-refractivity contribution in [2.24, 2.45) is 0 Å². The lowest BCUT2D eigenvalue weighted by molar-refractivity contribution is -0.122. The van der Waals surface area contributed by atoms with Crippen molar-refractivity contribution in [2.75, 3.05) is 6.54 Å². The maximum Gasteiger partial charge on any atom is 0.253 e. The van der Waals surface area contributed by atoms with E-state index in [1.807, 2.05) is 36.6 Å². The molecule has 1 aliphatic rings. The predicted molar refractivity (Wildman–Crippen MR) is 89.8 cm³/mol. The molecule has 1 fully saturated rings. The van der Waals surface area contributed by atoms with Crippen LogP contribution in [-0.4, -0.2) is 29.0 Å². The lowest BCUT2D eigenvalue weighted by atomic mass is 10.1. The molecule has 0 aliphatic carbocycles. The van der Waals surface area contributed by atoms with Crippen molar-refractivity contribution in [3.63, 3.8) is 0 Å². The minimum atomic E-state index is -0.451. The molecule has 3 heterocycles. The molecule has 24 heavy (non-hydrogen) atoms. The van der Waals surface area contributed by atoms with Crippen LogP contribution in [0.1, 0.15) is 46.8 Å². The number of carbonyl (C=O) groups is 2. The van der Waals surface area contributed by atoms with E-state index in [9.17, 15) is 9.59 Å². The molecule has 2 aromatic heterocycles. The van der Waals surface area contributed by atoms with Crippen LogP contribution in [0.2, 0.25) is 0 Å². The van der Waals surface area contributed by atoms with E-state index in [1.54, 1.807) is 6.26 Å². The minimum Gasteiger partial charge on any atom is -0.467 e. The summed E-state index contributed by atoms with van der Waals surface area (Å²) in [5, 5.41) is 5.72. The van der Waals surface area contributed by atoms with Gasteiger partial charge in [-0.3, -0.25) is 9.59 Å². The van der Waals surface area contributed by atoms with Gasteiger partial charge in [0.2, 0.25) is 5.91 Å². The average Bonchev–Trinajstić information content (AvgIpc) is 3.11. The second kappa shape index (κ2) is 6.95. The van der Waals surface area contributed by atoms with E-state index in [0.717, 1.165) is 30.0 Å². The smallest absolute Gasteiger partial charge is 0.253 e. The van der Waals surface area contributed by atoms with Crippen LogP contribution in [0.5, 0.6) is 0 Å². The Kier molecular flexibility index (Phi) is 4.74. The second-order valence-corrected chi connectivity index (χ2v) is 6.26. The van der Waals surface area contributed by atoms with Crippen LogP contribution < -0.4 is 10.6 Å². The van der Waals surface area contributed by atoms with E-state index in [2.05, 4.69) is 10.6 Å². The van der Waals surface area contributed by atoms with Crippen molar-refractivity contribution in [3.05, 3.63) is 47.2 Å². The maximum absolute atomic E-state index is 12.6. The van der Waals surface area contributed by atoms with Gasteiger partial charge in [0.25, 0.3) is 5.91 Å². The van der Waals surface area contributed by atoms with Crippen molar-refractivity contribution in [1.82, 2.24) is 15.2 Å². The van der Waals surface area contributed by atoms with Crippen molar-refractivity contribution in [2.45, 2.75) is 45.7 Å². The molecule has 0 spiro atoms. The van der Waals surface area contributed by atoms with E-state index < -0.39 is 6.04 Å². The van der Waals surface area contributed by atoms with Gasteiger partial charge in [0, 0.05) is 17.9 Å². The van der Waals surface area contributed by atoms with E-state index in [-0.39, 0.29) is 11.8 Å². The zero-order valence-electron chi connectivity index (χ0n) is 14.1. The van der Waals surface area contributed by atoms with Crippen LogP contribution in [0.25, 0.3) is 0 Å². The summed E-state index contributed by atoms with van der Waals surface area (Å²) in [6.45, 7) is 5.15. The minimum absolute atomic E-state index is 0.0924. The number of aromatic nitrogens is 1. The SMILES string of the molecule is Cc1cc(C(=O)NC2CCCCNC2=O)c(C)n1Cc1ccco1. The number of amides is 2. The van der Waals surface area contributed by atoms with Crippen molar-refractivity contribution >= 4 is 11.8 Å². The van der Waals surface area contributed by atoms with E-state index in [1.165, 1.54) is 0 Å². The quantitative estimate of drug-likeness (QED) is 0.902. The van der Waals surface area contributed by atoms with Crippen LogP contribution in [0.15, 0.2) is 28.9 Å². The predicted octanol–water partition coefficient (Wildman–Crippen LogP) is 2.14. The molecular formula is C18H23N3O3. The summed E-state index contributed by atoms with van der Waals surface area (Å²) >= 11 is 0. The molecule has 6 heteroatoms. The molecule has 0 radical (unpaired) electrons. The molecule has 0 aromatic carbocycles. The number of nitrogens with zero attached hydrogens (tertiary/aromatic N) is 1. The molecule has 3 rings (SSSR count). The van der Waals surface area contributed by atoms with Crippen LogP contribution in [0.3, 0.4) is 0 Å². The fourth-order valence-electron chi connectivity index (χ4n) is 3.15. The van der Waals surface area contributed by atoms with Gasteiger partial charge in [-0.05, 0) is 51.3 Å². The molecule has 1 saturated heterocycles. The summed E-state index contributed by atoms with van der Waals surface area (Å²) in [6.07, 6.45) is 4.21. The van der Waals surface area contributed by atoms with E-state index >= 15 is 0 Å². The molecular weight excluding hydrogens is 306 g/mol. The molecule has 128 valence electrons. The van der Waals surface area contributed by atoms with Gasteiger partial charge in [-0.1, -0.05) is 0 Å². The van der Waals surface area contributed by atoms with Crippen LogP contribution in [-0.2, 0) is 11.3 Å². The first-order valence-corrected chi connectivity index (χ1v) is 8.34. The highest BCUT2D eigenvalue weighted by Gasteiger charge is 2.24. The van der Waals surface area contributed by atoms with Crippen LogP contribution in [0.4, 0.5) is 0 Å². The first kappa shape index (κ1) is 16.4. The molecule has 1 unspecified atom stereocenters. The lowest BCUT2D eigenvalue weighted by Crippen LogP contribution is -2.45. The van der Waals surface area contributed by atoms with Gasteiger partial charge < -0.3 is 19.6 Å². The Morgan fingerprint density at radius 3 is 3.00 bits per heavy atom. The van der Waals surface area contributed by atoms with Gasteiger partial charge in [0.05, 0.1) is 18.4 Å². The van der Waals surface area contributed by atoms with Gasteiger partial charge in [0.15, 0.2) is 0 Å². The molecule has 6 nitrogen and oxygen atoms in total. The number of carbonyl (C=O) groups excluding carboxylic acids is 2. The molecule has 2 aromatic rings. The summed E-state index contributed by atoms with van der Waals surface area (Å²) in [7, 11) is 0. The molecule has 2 amide bonds. The Balaban J connectivity index is 1.76. The zero-order valence-corrected chi connectivity index (χ0v) is 14.1. The Labute approximate surface area is 141 Å². The van der Waals surface area contributed by atoms with Crippen molar-refractivity contribution < 1.29 is 14.0 Å². The van der Waals surface area contributed by atoms with Crippen molar-refractivity contribution in [1.29, 1.82) is 0 Å². The molecule has 0 saturated carbocycles. The normalized spacial score (nSPS) is 18.1. The van der Waals surface area contributed by atoms with E-state index in [4.69, 9.17) is 4.42 Å². The second-order valence-electron chi connectivity index (χ2n) is 6.26. The standard InChI is InChI=1S/C18H23N3O3/c1-12-10-15(13(2)21(12)11-14-6-5-9-24-14)17(22)20-16-7-3-4-8-19-18(16)23/h5-6,9-10,16H,3-4,7-8,11H2,1-2H3,(H,19,23)(H,20,22). The third-order valence-electron chi connectivity index (χ3n) is 4.55. The molecule has 1 aliphatic heterocycles. The summed E-state index contributed by atoms with van der Waals surface area (Å²) in [5.74, 6) is 0.549. The number of hydrogen-bond donors (Lipinski definition) is 2. The topological polar surface area (TPSA) is 76.3 Å². The molecule has 2 N–H and O–H groups in total. The largest absolute Gasteiger partial charge is 0.467 e. The lowest BCUT2D eigenvalue weighted by Gasteiger charge is -2.15. The number of aryl methyl sites for hydroxylation is 1. The number of nitrogens with one attached hydrogen (secondary N) is 2.